The molecular weight excluding hydrogens is 523 g/mol. The van der Waals surface area contributed by atoms with Crippen molar-refractivity contribution in [2.45, 2.75) is 75.4 Å². The van der Waals surface area contributed by atoms with Crippen molar-refractivity contribution in [3.63, 3.8) is 0 Å². The first-order valence-electron chi connectivity index (χ1n) is 14.9. The molecule has 1 amide bonds. The van der Waals surface area contributed by atoms with Gasteiger partial charge in [0.05, 0.1) is 17.6 Å². The number of halogens is 1. The molecule has 0 saturated carbocycles. The Morgan fingerprint density at radius 3 is 2.66 bits per heavy atom. The average Bonchev–Trinajstić information content (AvgIpc) is 3.58. The molecule has 6 heterocycles. The Morgan fingerprint density at radius 1 is 1.15 bits per heavy atom. The normalized spacial score (nSPS) is 29.3. The van der Waals surface area contributed by atoms with Crippen molar-refractivity contribution in [2.24, 2.45) is 0 Å². The van der Waals surface area contributed by atoms with E-state index in [9.17, 15) is 19.6 Å². The summed E-state index contributed by atoms with van der Waals surface area (Å²) in [4.78, 5) is 25.4. The SMILES string of the molecule is N#Cc1c(OCC23CCCN2C[C@H](F)C3)nc(N2CC3CCC(C2)N3C(=O)O)c2c1CN(Cc1ccccc1)CC2. The Hall–Kier alpha value is -3.42. The number of carbonyl (C=O) groups is 1. The lowest BCUT2D eigenvalue weighted by Gasteiger charge is -2.42. The van der Waals surface area contributed by atoms with Crippen LogP contribution in [0.2, 0.25) is 0 Å². The van der Waals surface area contributed by atoms with Crippen LogP contribution < -0.4 is 9.64 Å². The number of hydrogen-bond acceptors (Lipinski definition) is 7. The summed E-state index contributed by atoms with van der Waals surface area (Å²) in [7, 11) is 0. The number of piperazine rings is 1. The predicted molar refractivity (Wildman–Crippen MR) is 151 cm³/mol. The third-order valence-corrected chi connectivity index (χ3v) is 10.0. The second-order valence-electron chi connectivity index (χ2n) is 12.5. The molecule has 7 rings (SSSR count). The molecule has 4 atom stereocenters. The van der Waals surface area contributed by atoms with Gasteiger partial charge in [-0.25, -0.2) is 9.18 Å². The summed E-state index contributed by atoms with van der Waals surface area (Å²) in [5.74, 6) is 1.16. The highest BCUT2D eigenvalue weighted by Gasteiger charge is 2.50. The number of amides is 1. The van der Waals surface area contributed by atoms with Gasteiger partial charge in [0.2, 0.25) is 5.88 Å². The van der Waals surface area contributed by atoms with Crippen molar-refractivity contribution in [1.82, 2.24) is 19.7 Å². The van der Waals surface area contributed by atoms with Gasteiger partial charge in [-0.1, -0.05) is 30.3 Å². The maximum atomic E-state index is 14.5. The topological polar surface area (TPSA) is 96.2 Å². The van der Waals surface area contributed by atoms with Gasteiger partial charge in [0.1, 0.15) is 30.2 Å². The molecule has 1 N–H and O–H groups in total. The van der Waals surface area contributed by atoms with Gasteiger partial charge in [0.15, 0.2) is 0 Å². The number of pyridine rings is 1. The molecule has 0 radical (unpaired) electrons. The molecule has 10 heteroatoms. The zero-order chi connectivity index (χ0) is 28.1. The maximum absolute atomic E-state index is 14.5. The van der Waals surface area contributed by atoms with Crippen molar-refractivity contribution in [2.75, 3.05) is 44.2 Å². The number of ether oxygens (including phenoxy) is 1. The van der Waals surface area contributed by atoms with Gasteiger partial charge in [-0.2, -0.15) is 10.2 Å². The molecule has 1 aromatic heterocycles. The first-order chi connectivity index (χ1) is 19.9. The number of nitrogens with zero attached hydrogens (tertiary/aromatic N) is 6. The molecule has 1 aromatic carbocycles. The number of fused-ring (bicyclic) bond motifs is 4. The van der Waals surface area contributed by atoms with E-state index in [-0.39, 0.29) is 17.6 Å². The van der Waals surface area contributed by atoms with Crippen LogP contribution in [0.15, 0.2) is 30.3 Å². The minimum absolute atomic E-state index is 0.0622. The predicted octanol–water partition coefficient (Wildman–Crippen LogP) is 3.80. The van der Waals surface area contributed by atoms with E-state index >= 15 is 0 Å². The van der Waals surface area contributed by atoms with Crippen molar-refractivity contribution >= 4 is 11.9 Å². The Labute approximate surface area is 240 Å². The third-order valence-electron chi connectivity index (χ3n) is 10.0. The summed E-state index contributed by atoms with van der Waals surface area (Å²) < 4.78 is 20.9. The molecule has 41 heavy (non-hydrogen) atoms. The Kier molecular flexibility index (Phi) is 6.75. The largest absolute Gasteiger partial charge is 0.475 e. The molecule has 0 spiro atoms. The lowest BCUT2D eigenvalue weighted by atomic mass is 9.94. The highest BCUT2D eigenvalue weighted by molar-refractivity contribution is 5.68. The van der Waals surface area contributed by atoms with E-state index in [0.717, 1.165) is 68.7 Å². The molecule has 4 fully saturated rings. The van der Waals surface area contributed by atoms with Crippen molar-refractivity contribution in [3.05, 3.63) is 52.6 Å². The smallest absolute Gasteiger partial charge is 0.407 e. The fourth-order valence-electron chi connectivity index (χ4n) is 8.14. The monoisotopic (exact) mass is 560 g/mol. The Morgan fingerprint density at radius 2 is 1.93 bits per heavy atom. The van der Waals surface area contributed by atoms with Crippen LogP contribution in [-0.2, 0) is 19.5 Å². The fraction of sp³-hybridized carbons (Fsp3) is 0.581. The number of rotatable bonds is 6. The minimum atomic E-state index is -0.853. The number of anilines is 1. The van der Waals surface area contributed by atoms with Gasteiger partial charge in [-0.05, 0) is 49.8 Å². The molecule has 9 nitrogen and oxygen atoms in total. The van der Waals surface area contributed by atoms with Crippen LogP contribution in [0.25, 0.3) is 0 Å². The van der Waals surface area contributed by atoms with Gasteiger partial charge >= 0.3 is 6.09 Å². The summed E-state index contributed by atoms with van der Waals surface area (Å²) in [5, 5.41) is 20.2. The number of alkyl halides is 1. The quantitative estimate of drug-likeness (QED) is 0.570. The standard InChI is InChI=1S/C31H37FN6O3/c32-22-13-31(10-4-11-37(31)16-22)20-41-29-26(14-33)27-19-35(15-21-5-2-1-3-6-21)12-9-25(27)28(34-29)36-17-23-7-8-24(18-36)38(23)30(39)40/h1-3,5-6,22-24H,4,7-13,15-20H2,(H,39,40)/t22-,23?,24?,31?/m1/s1. The average molecular weight is 561 g/mol. The van der Waals surface area contributed by atoms with Gasteiger partial charge in [0.25, 0.3) is 0 Å². The molecule has 216 valence electrons. The third kappa shape index (κ3) is 4.69. The molecule has 5 aliphatic heterocycles. The minimum Gasteiger partial charge on any atom is -0.475 e. The maximum Gasteiger partial charge on any atom is 0.407 e. The summed E-state index contributed by atoms with van der Waals surface area (Å²) >= 11 is 0. The van der Waals surface area contributed by atoms with Crippen molar-refractivity contribution in [3.8, 4) is 11.9 Å². The summed E-state index contributed by atoms with van der Waals surface area (Å²) in [6, 6.07) is 12.7. The summed E-state index contributed by atoms with van der Waals surface area (Å²) in [6.45, 7) is 5.07. The highest BCUT2D eigenvalue weighted by atomic mass is 19.1. The lowest BCUT2D eigenvalue weighted by Crippen LogP contribution is -2.56. The Bertz CT molecular complexity index is 1350. The first-order valence-corrected chi connectivity index (χ1v) is 14.9. The number of aromatic nitrogens is 1. The van der Waals surface area contributed by atoms with E-state index in [4.69, 9.17) is 9.72 Å². The zero-order valence-corrected chi connectivity index (χ0v) is 23.3. The van der Waals surface area contributed by atoms with E-state index in [0.29, 0.717) is 50.7 Å². The molecular formula is C31H37FN6O3. The summed E-state index contributed by atoms with van der Waals surface area (Å²) in [5.41, 5.74) is 3.40. The van der Waals surface area contributed by atoms with Crippen LogP contribution in [0.4, 0.5) is 15.0 Å². The molecule has 2 bridgehead atoms. The molecule has 0 aliphatic carbocycles. The van der Waals surface area contributed by atoms with Gasteiger partial charge in [0, 0.05) is 51.3 Å². The zero-order valence-electron chi connectivity index (χ0n) is 23.3. The number of nitriles is 1. The van der Waals surface area contributed by atoms with Crippen LogP contribution >= 0.6 is 0 Å². The number of hydrogen-bond donors (Lipinski definition) is 1. The second kappa shape index (κ2) is 10.4. The van der Waals surface area contributed by atoms with E-state index < -0.39 is 12.3 Å². The van der Waals surface area contributed by atoms with Crippen LogP contribution in [-0.4, -0.2) is 94.0 Å². The van der Waals surface area contributed by atoms with Crippen LogP contribution in [0.5, 0.6) is 5.88 Å². The molecule has 3 unspecified atom stereocenters. The molecule has 2 aromatic rings. The van der Waals surface area contributed by atoms with Crippen molar-refractivity contribution < 1.29 is 19.0 Å². The number of benzene rings is 1. The number of carboxylic acid groups (broad SMARTS) is 1. The lowest BCUT2D eigenvalue weighted by molar-refractivity contribution is 0.109. The van der Waals surface area contributed by atoms with Gasteiger partial charge in [-0.3, -0.25) is 14.7 Å². The van der Waals surface area contributed by atoms with Crippen molar-refractivity contribution in [1.29, 1.82) is 5.26 Å². The van der Waals surface area contributed by atoms with Crippen LogP contribution in [0.3, 0.4) is 0 Å². The molecule has 5 aliphatic rings. The first kappa shape index (κ1) is 26.5. The van der Waals surface area contributed by atoms with Crippen LogP contribution in [0, 0.1) is 11.3 Å². The van der Waals surface area contributed by atoms with Gasteiger partial charge in [-0.15, -0.1) is 0 Å². The van der Waals surface area contributed by atoms with E-state index in [1.165, 1.54) is 5.56 Å². The van der Waals surface area contributed by atoms with E-state index in [2.05, 4.69) is 32.9 Å². The molecule has 4 saturated heterocycles. The van der Waals surface area contributed by atoms with Crippen LogP contribution in [0.1, 0.15) is 54.4 Å². The Balaban J connectivity index is 1.23. The fourth-order valence-corrected chi connectivity index (χ4v) is 8.14. The summed E-state index contributed by atoms with van der Waals surface area (Å²) in [6.07, 6.45) is 3.12. The van der Waals surface area contributed by atoms with E-state index in [1.54, 1.807) is 4.90 Å². The highest BCUT2D eigenvalue weighted by Crippen LogP contribution is 2.42. The second-order valence-corrected chi connectivity index (χ2v) is 12.5. The van der Waals surface area contributed by atoms with E-state index in [1.807, 2.05) is 18.2 Å². The van der Waals surface area contributed by atoms with Gasteiger partial charge < -0.3 is 14.7 Å².